The van der Waals surface area contributed by atoms with E-state index in [1.807, 2.05) is 66.0 Å². The SMILES string of the molecule is COc1ccccc1N1C=C(N2C=NCC2)Oc2ccccc21. The average molecular weight is 307 g/mol. The standard InChI is InChI=1S/C18H17N3O2/c1-22-16-8-4-2-6-14(16)21-12-18(20-11-10-19-13-20)23-17-9-5-3-7-15(17)21/h2-9,12-13H,10-11H2,1H3. The lowest BCUT2D eigenvalue weighted by molar-refractivity contribution is 0.301. The van der Waals surface area contributed by atoms with Crippen LogP contribution < -0.4 is 14.4 Å². The Morgan fingerprint density at radius 3 is 2.61 bits per heavy atom. The number of aliphatic imine (C=N–C) groups is 1. The van der Waals surface area contributed by atoms with Crippen LogP contribution in [0.2, 0.25) is 0 Å². The van der Waals surface area contributed by atoms with Crippen LogP contribution in [0, 0.1) is 0 Å². The number of nitrogens with zero attached hydrogens (tertiary/aromatic N) is 3. The smallest absolute Gasteiger partial charge is 0.218 e. The summed E-state index contributed by atoms with van der Waals surface area (Å²) in [6, 6.07) is 15.9. The van der Waals surface area contributed by atoms with Crippen molar-refractivity contribution in [2.75, 3.05) is 25.1 Å². The predicted octanol–water partition coefficient (Wildman–Crippen LogP) is 3.37. The summed E-state index contributed by atoms with van der Waals surface area (Å²) in [7, 11) is 1.68. The minimum atomic E-state index is 0.760. The van der Waals surface area contributed by atoms with Crippen LogP contribution in [0.15, 0.2) is 65.6 Å². The van der Waals surface area contributed by atoms with Gasteiger partial charge in [0.1, 0.15) is 5.75 Å². The van der Waals surface area contributed by atoms with E-state index in [1.54, 1.807) is 7.11 Å². The number of fused-ring (bicyclic) bond motifs is 1. The van der Waals surface area contributed by atoms with E-state index in [9.17, 15) is 0 Å². The van der Waals surface area contributed by atoms with Crippen molar-refractivity contribution in [1.82, 2.24) is 4.90 Å². The van der Waals surface area contributed by atoms with Gasteiger partial charge in [0, 0.05) is 6.54 Å². The molecule has 0 amide bonds. The monoisotopic (exact) mass is 307 g/mol. The predicted molar refractivity (Wildman–Crippen MR) is 90.4 cm³/mol. The fraction of sp³-hybridized carbons (Fsp3) is 0.167. The van der Waals surface area contributed by atoms with Gasteiger partial charge in [-0.25, -0.2) is 0 Å². The van der Waals surface area contributed by atoms with Gasteiger partial charge in [-0.2, -0.15) is 0 Å². The first-order valence-electron chi connectivity index (χ1n) is 7.54. The summed E-state index contributed by atoms with van der Waals surface area (Å²) in [4.78, 5) is 8.37. The van der Waals surface area contributed by atoms with Crippen LogP contribution in [0.1, 0.15) is 0 Å². The van der Waals surface area contributed by atoms with E-state index in [-0.39, 0.29) is 0 Å². The van der Waals surface area contributed by atoms with Gasteiger partial charge in [0.2, 0.25) is 5.88 Å². The number of anilines is 2. The molecule has 0 N–H and O–H groups in total. The molecule has 2 aliphatic rings. The molecule has 0 fully saturated rings. The summed E-state index contributed by atoms with van der Waals surface area (Å²) >= 11 is 0. The van der Waals surface area contributed by atoms with Gasteiger partial charge in [0.25, 0.3) is 0 Å². The Labute approximate surface area is 135 Å². The molecule has 0 aliphatic carbocycles. The molecule has 0 saturated heterocycles. The molecule has 0 saturated carbocycles. The number of benzene rings is 2. The minimum absolute atomic E-state index is 0.760. The van der Waals surface area contributed by atoms with E-state index < -0.39 is 0 Å². The van der Waals surface area contributed by atoms with Crippen LogP contribution in [0.5, 0.6) is 11.5 Å². The van der Waals surface area contributed by atoms with Gasteiger partial charge in [-0.05, 0) is 24.3 Å². The van der Waals surface area contributed by atoms with Crippen molar-refractivity contribution in [3.63, 3.8) is 0 Å². The molecule has 23 heavy (non-hydrogen) atoms. The summed E-state index contributed by atoms with van der Waals surface area (Å²) in [6.45, 7) is 1.62. The first-order chi connectivity index (χ1) is 11.4. The molecule has 2 heterocycles. The zero-order valence-electron chi connectivity index (χ0n) is 12.8. The molecule has 4 rings (SSSR count). The van der Waals surface area contributed by atoms with Gasteiger partial charge in [-0.1, -0.05) is 24.3 Å². The van der Waals surface area contributed by atoms with Crippen molar-refractivity contribution in [2.45, 2.75) is 0 Å². The van der Waals surface area contributed by atoms with Crippen molar-refractivity contribution in [2.24, 2.45) is 4.99 Å². The van der Waals surface area contributed by atoms with Crippen LogP contribution in [-0.4, -0.2) is 31.4 Å². The summed E-state index contributed by atoms with van der Waals surface area (Å²) in [5, 5.41) is 0. The van der Waals surface area contributed by atoms with Crippen LogP contribution in [0.4, 0.5) is 11.4 Å². The maximum absolute atomic E-state index is 6.05. The van der Waals surface area contributed by atoms with Crippen molar-refractivity contribution < 1.29 is 9.47 Å². The van der Waals surface area contributed by atoms with Gasteiger partial charge in [-0.3, -0.25) is 4.99 Å². The van der Waals surface area contributed by atoms with Crippen LogP contribution in [0.3, 0.4) is 0 Å². The maximum atomic E-state index is 6.05. The molecule has 2 aromatic rings. The quantitative estimate of drug-likeness (QED) is 0.871. The van der Waals surface area contributed by atoms with Gasteiger partial charge in [0.05, 0.1) is 37.6 Å². The number of methoxy groups -OCH3 is 1. The summed E-state index contributed by atoms with van der Waals surface area (Å²) < 4.78 is 11.6. The molecule has 0 spiro atoms. The molecule has 0 bridgehead atoms. The zero-order chi connectivity index (χ0) is 15.6. The van der Waals surface area contributed by atoms with E-state index >= 15 is 0 Å². The molecule has 5 nitrogen and oxygen atoms in total. The van der Waals surface area contributed by atoms with Crippen molar-refractivity contribution in [3.05, 3.63) is 60.6 Å². The fourth-order valence-corrected chi connectivity index (χ4v) is 2.77. The lowest BCUT2D eigenvalue weighted by atomic mass is 10.2. The third-order valence-electron chi connectivity index (χ3n) is 3.90. The van der Waals surface area contributed by atoms with E-state index in [1.165, 1.54) is 0 Å². The summed E-state index contributed by atoms with van der Waals surface area (Å²) in [5.41, 5.74) is 1.95. The molecule has 0 unspecified atom stereocenters. The second-order valence-corrected chi connectivity index (χ2v) is 5.29. The van der Waals surface area contributed by atoms with Crippen LogP contribution in [0.25, 0.3) is 0 Å². The molecule has 2 aromatic carbocycles. The Kier molecular flexibility index (Phi) is 3.38. The van der Waals surface area contributed by atoms with Crippen LogP contribution >= 0.6 is 0 Å². The molecule has 0 aromatic heterocycles. The maximum Gasteiger partial charge on any atom is 0.218 e. The lowest BCUT2D eigenvalue weighted by Gasteiger charge is -2.32. The molecule has 0 atom stereocenters. The number of ether oxygens (including phenoxy) is 2. The van der Waals surface area contributed by atoms with Crippen molar-refractivity contribution in [3.8, 4) is 11.5 Å². The summed E-state index contributed by atoms with van der Waals surface area (Å²) in [6.07, 6.45) is 3.80. The summed E-state index contributed by atoms with van der Waals surface area (Å²) in [5.74, 6) is 2.39. The highest BCUT2D eigenvalue weighted by Gasteiger charge is 2.25. The highest BCUT2D eigenvalue weighted by Crippen LogP contribution is 2.42. The van der Waals surface area contributed by atoms with E-state index in [2.05, 4.69) is 9.89 Å². The Morgan fingerprint density at radius 1 is 1.04 bits per heavy atom. The highest BCUT2D eigenvalue weighted by atomic mass is 16.5. The Morgan fingerprint density at radius 2 is 1.83 bits per heavy atom. The van der Waals surface area contributed by atoms with E-state index in [4.69, 9.17) is 9.47 Å². The third kappa shape index (κ3) is 2.40. The molecular formula is C18H17N3O2. The van der Waals surface area contributed by atoms with Gasteiger partial charge in [-0.15, -0.1) is 0 Å². The number of rotatable bonds is 3. The molecule has 5 heteroatoms. The fourth-order valence-electron chi connectivity index (χ4n) is 2.77. The minimum Gasteiger partial charge on any atom is -0.495 e. The first kappa shape index (κ1) is 13.7. The van der Waals surface area contributed by atoms with Gasteiger partial charge >= 0.3 is 0 Å². The number of hydrogen-bond acceptors (Lipinski definition) is 5. The molecule has 0 radical (unpaired) electrons. The molecule has 116 valence electrons. The van der Waals surface area contributed by atoms with E-state index in [0.29, 0.717) is 0 Å². The third-order valence-corrected chi connectivity index (χ3v) is 3.90. The Bertz CT molecular complexity index is 785. The highest BCUT2D eigenvalue weighted by molar-refractivity contribution is 5.77. The second kappa shape index (κ2) is 5.68. The average Bonchev–Trinajstić information content (AvgIpc) is 3.15. The topological polar surface area (TPSA) is 37.3 Å². The Balaban J connectivity index is 1.83. The molecular weight excluding hydrogens is 290 g/mol. The Hall–Kier alpha value is -2.95. The normalized spacial score (nSPS) is 16.0. The van der Waals surface area contributed by atoms with E-state index in [0.717, 1.165) is 41.8 Å². The number of hydrogen-bond donors (Lipinski definition) is 0. The zero-order valence-corrected chi connectivity index (χ0v) is 12.8. The second-order valence-electron chi connectivity index (χ2n) is 5.29. The first-order valence-corrected chi connectivity index (χ1v) is 7.54. The van der Waals surface area contributed by atoms with Gasteiger partial charge < -0.3 is 19.3 Å². The van der Waals surface area contributed by atoms with Crippen molar-refractivity contribution >= 4 is 17.7 Å². The largest absolute Gasteiger partial charge is 0.495 e. The van der Waals surface area contributed by atoms with Crippen LogP contribution in [-0.2, 0) is 0 Å². The van der Waals surface area contributed by atoms with Crippen molar-refractivity contribution in [1.29, 1.82) is 0 Å². The number of para-hydroxylation sites is 4. The molecule has 2 aliphatic heterocycles. The van der Waals surface area contributed by atoms with Gasteiger partial charge in [0.15, 0.2) is 5.75 Å². The lowest BCUT2D eigenvalue weighted by Crippen LogP contribution is -2.28.